The average molecular weight is 293 g/mol. The first-order chi connectivity index (χ1) is 10.2. The lowest BCUT2D eigenvalue weighted by molar-refractivity contribution is -0.192. The highest BCUT2D eigenvalue weighted by molar-refractivity contribution is 6.05. The minimum Gasteiger partial charge on any atom is -0.365 e. The molecule has 5 nitrogen and oxygen atoms in total. The van der Waals surface area contributed by atoms with Crippen molar-refractivity contribution in [2.45, 2.75) is 57.7 Å². The highest BCUT2D eigenvalue weighted by Crippen LogP contribution is 2.45. The van der Waals surface area contributed by atoms with Crippen LogP contribution in [0.25, 0.3) is 0 Å². The lowest BCUT2D eigenvalue weighted by atomic mass is 9.85. The molecule has 0 N–H and O–H groups in total. The minimum absolute atomic E-state index is 0.229. The predicted octanol–water partition coefficient (Wildman–Crippen LogP) is 2.22. The standard InChI is InChI=1S/C16H23NO4/c1-2-3-4-5-6-7-10-20-17-15(18)13-11-8-9-12(21-11)14(13)16(17)19/h8-9,11-14H,2-7,10H2,1H3/t11-,12+,13-,14-/m0/s1. The molecule has 3 heterocycles. The average Bonchev–Trinajstić information content (AvgIpc) is 3.15. The zero-order valence-corrected chi connectivity index (χ0v) is 12.5. The van der Waals surface area contributed by atoms with Gasteiger partial charge in [-0.15, -0.1) is 0 Å². The number of hydrogen-bond acceptors (Lipinski definition) is 4. The summed E-state index contributed by atoms with van der Waals surface area (Å²) in [5.41, 5.74) is 0. The maximum absolute atomic E-state index is 12.3. The van der Waals surface area contributed by atoms with Crippen LogP contribution in [-0.2, 0) is 19.2 Å². The summed E-state index contributed by atoms with van der Waals surface area (Å²) >= 11 is 0. The topological polar surface area (TPSA) is 55.8 Å². The van der Waals surface area contributed by atoms with Crippen LogP contribution in [0.4, 0.5) is 0 Å². The zero-order valence-electron chi connectivity index (χ0n) is 12.5. The highest BCUT2D eigenvalue weighted by Gasteiger charge is 2.61. The van der Waals surface area contributed by atoms with E-state index in [4.69, 9.17) is 9.57 Å². The second kappa shape index (κ2) is 6.28. The third-order valence-electron chi connectivity index (χ3n) is 4.59. The lowest BCUT2D eigenvalue weighted by Gasteiger charge is -2.16. The van der Waals surface area contributed by atoms with Gasteiger partial charge in [0.1, 0.15) is 0 Å². The highest BCUT2D eigenvalue weighted by atomic mass is 16.7. The van der Waals surface area contributed by atoms with E-state index >= 15 is 0 Å². The van der Waals surface area contributed by atoms with Crippen LogP contribution in [0.1, 0.15) is 45.4 Å². The number of nitrogens with zero attached hydrogens (tertiary/aromatic N) is 1. The number of rotatable bonds is 8. The summed E-state index contributed by atoms with van der Waals surface area (Å²) in [4.78, 5) is 30.0. The summed E-state index contributed by atoms with van der Waals surface area (Å²) in [6.45, 7) is 2.63. The quantitative estimate of drug-likeness (QED) is 0.391. The smallest absolute Gasteiger partial charge is 0.260 e. The van der Waals surface area contributed by atoms with Crippen molar-refractivity contribution in [2.24, 2.45) is 11.8 Å². The molecule has 5 heteroatoms. The van der Waals surface area contributed by atoms with Gasteiger partial charge in [0.15, 0.2) is 0 Å². The van der Waals surface area contributed by atoms with E-state index in [-0.39, 0.29) is 35.9 Å². The van der Waals surface area contributed by atoms with Crippen molar-refractivity contribution in [1.29, 1.82) is 0 Å². The number of carbonyl (C=O) groups is 2. The van der Waals surface area contributed by atoms with Gasteiger partial charge in [-0.3, -0.25) is 14.4 Å². The summed E-state index contributed by atoms with van der Waals surface area (Å²) in [6, 6.07) is 0. The number of unbranched alkanes of at least 4 members (excludes halogenated alkanes) is 5. The fraction of sp³-hybridized carbons (Fsp3) is 0.750. The maximum Gasteiger partial charge on any atom is 0.260 e. The molecule has 3 rings (SSSR count). The Bertz CT molecular complexity index is 418. The second-order valence-electron chi connectivity index (χ2n) is 6.07. The van der Waals surface area contributed by atoms with Gasteiger partial charge in [-0.05, 0) is 6.42 Å². The van der Waals surface area contributed by atoms with Gasteiger partial charge in [-0.25, -0.2) is 0 Å². The van der Waals surface area contributed by atoms with Crippen LogP contribution in [0.2, 0.25) is 0 Å². The predicted molar refractivity (Wildman–Crippen MR) is 76.0 cm³/mol. The molecule has 0 aromatic rings. The third-order valence-corrected chi connectivity index (χ3v) is 4.59. The number of imide groups is 1. The summed E-state index contributed by atoms with van der Waals surface area (Å²) in [6.07, 6.45) is 10.2. The third kappa shape index (κ3) is 2.64. The van der Waals surface area contributed by atoms with E-state index in [1.807, 2.05) is 12.2 Å². The fourth-order valence-electron chi connectivity index (χ4n) is 3.44. The summed E-state index contributed by atoms with van der Waals surface area (Å²) in [5, 5.41) is 0.997. The molecule has 116 valence electrons. The Kier molecular flexibility index (Phi) is 4.40. The molecule has 0 saturated carbocycles. The fourth-order valence-corrected chi connectivity index (χ4v) is 3.44. The number of fused-ring (bicyclic) bond motifs is 5. The number of carbonyl (C=O) groups excluding carboxylic acids is 2. The van der Waals surface area contributed by atoms with Gasteiger partial charge >= 0.3 is 0 Å². The monoisotopic (exact) mass is 293 g/mol. The van der Waals surface area contributed by atoms with E-state index < -0.39 is 0 Å². The van der Waals surface area contributed by atoms with E-state index in [1.54, 1.807) is 0 Å². The van der Waals surface area contributed by atoms with Gasteiger partial charge in [-0.1, -0.05) is 51.2 Å². The zero-order chi connectivity index (χ0) is 14.8. The van der Waals surface area contributed by atoms with Crippen molar-refractivity contribution in [3.05, 3.63) is 12.2 Å². The maximum atomic E-state index is 12.3. The molecule has 4 atom stereocenters. The molecule has 2 fully saturated rings. The van der Waals surface area contributed by atoms with Crippen LogP contribution in [0.5, 0.6) is 0 Å². The summed E-state index contributed by atoms with van der Waals surface area (Å²) in [7, 11) is 0. The normalized spacial score (nSPS) is 33.3. The van der Waals surface area contributed by atoms with Crippen molar-refractivity contribution < 1.29 is 19.2 Å². The molecule has 21 heavy (non-hydrogen) atoms. The van der Waals surface area contributed by atoms with E-state index in [0.717, 1.165) is 17.9 Å². The number of hydrogen-bond donors (Lipinski definition) is 0. The molecule has 2 bridgehead atoms. The molecule has 0 aliphatic carbocycles. The van der Waals surface area contributed by atoms with Gasteiger partial charge in [0.05, 0.1) is 30.7 Å². The van der Waals surface area contributed by atoms with Crippen molar-refractivity contribution in [2.75, 3.05) is 6.61 Å². The largest absolute Gasteiger partial charge is 0.365 e. The minimum atomic E-state index is -0.364. The molecule has 3 aliphatic rings. The van der Waals surface area contributed by atoms with Gasteiger partial charge in [-0.2, -0.15) is 5.06 Å². The van der Waals surface area contributed by atoms with Crippen LogP contribution in [0, 0.1) is 11.8 Å². The first kappa shape index (κ1) is 14.7. The van der Waals surface area contributed by atoms with Gasteiger partial charge in [0.2, 0.25) is 0 Å². The number of ether oxygens (including phenoxy) is 1. The molecule has 0 unspecified atom stereocenters. The summed E-state index contributed by atoms with van der Waals surface area (Å²) in [5.74, 6) is -1.19. The number of amides is 2. The van der Waals surface area contributed by atoms with E-state index in [2.05, 4.69) is 6.92 Å². The van der Waals surface area contributed by atoms with Crippen LogP contribution in [0.3, 0.4) is 0 Å². The van der Waals surface area contributed by atoms with E-state index in [1.165, 1.54) is 25.7 Å². The molecule has 0 aromatic carbocycles. The van der Waals surface area contributed by atoms with Crippen LogP contribution < -0.4 is 0 Å². The van der Waals surface area contributed by atoms with Crippen molar-refractivity contribution in [3.8, 4) is 0 Å². The molecular weight excluding hydrogens is 270 g/mol. The van der Waals surface area contributed by atoms with Gasteiger partial charge < -0.3 is 4.74 Å². The first-order valence-electron chi connectivity index (χ1n) is 8.08. The Balaban J connectivity index is 1.43. The van der Waals surface area contributed by atoms with Crippen molar-refractivity contribution in [1.82, 2.24) is 5.06 Å². The molecule has 0 aromatic heterocycles. The van der Waals surface area contributed by atoms with Crippen molar-refractivity contribution >= 4 is 11.8 Å². The number of hydroxylamine groups is 2. The summed E-state index contributed by atoms with van der Waals surface area (Å²) < 4.78 is 5.57. The molecule has 2 amide bonds. The lowest BCUT2D eigenvalue weighted by Crippen LogP contribution is -2.34. The van der Waals surface area contributed by atoms with E-state index in [9.17, 15) is 9.59 Å². The molecule has 0 spiro atoms. The molecule has 0 radical (unpaired) electrons. The van der Waals surface area contributed by atoms with Gasteiger partial charge in [0, 0.05) is 0 Å². The molecular formula is C16H23NO4. The Morgan fingerprint density at radius 2 is 1.57 bits per heavy atom. The second-order valence-corrected chi connectivity index (χ2v) is 6.07. The van der Waals surface area contributed by atoms with Crippen LogP contribution >= 0.6 is 0 Å². The van der Waals surface area contributed by atoms with Crippen molar-refractivity contribution in [3.63, 3.8) is 0 Å². The Morgan fingerprint density at radius 1 is 1.00 bits per heavy atom. The SMILES string of the molecule is CCCCCCCCON1C(=O)[C@@H]2[C@@H](C1=O)[C@H]1C=C[C@@H]2O1. The first-order valence-corrected chi connectivity index (χ1v) is 8.08. The van der Waals surface area contributed by atoms with Crippen LogP contribution in [-0.4, -0.2) is 35.7 Å². The van der Waals surface area contributed by atoms with Gasteiger partial charge in [0.25, 0.3) is 11.8 Å². The Hall–Kier alpha value is -1.20. The van der Waals surface area contributed by atoms with E-state index in [0.29, 0.717) is 6.61 Å². The molecule has 3 aliphatic heterocycles. The van der Waals surface area contributed by atoms with Crippen LogP contribution in [0.15, 0.2) is 12.2 Å². The molecule has 2 saturated heterocycles. The Morgan fingerprint density at radius 3 is 2.19 bits per heavy atom. The Labute approximate surface area is 125 Å².